The normalized spacial score (nSPS) is 18.0. The Balaban J connectivity index is 1.44. The van der Waals surface area contributed by atoms with Crippen molar-refractivity contribution in [3.05, 3.63) is 60.6 Å². The quantitative estimate of drug-likeness (QED) is 0.801. The fourth-order valence-electron chi connectivity index (χ4n) is 3.34. The van der Waals surface area contributed by atoms with Crippen LogP contribution >= 0.6 is 0 Å². The summed E-state index contributed by atoms with van der Waals surface area (Å²) in [6.07, 6.45) is 7.81. The largest absolute Gasteiger partial charge is 0.339 e. The first-order valence-electron chi connectivity index (χ1n) is 8.48. The van der Waals surface area contributed by atoms with Crippen molar-refractivity contribution in [3.63, 3.8) is 0 Å². The minimum atomic E-state index is 0.446. The summed E-state index contributed by atoms with van der Waals surface area (Å²) >= 11 is 0. The average Bonchev–Trinajstić information content (AvgIpc) is 2.67. The van der Waals surface area contributed by atoms with E-state index in [0.717, 1.165) is 37.5 Å². The van der Waals surface area contributed by atoms with Crippen LogP contribution < -0.4 is 10.2 Å². The summed E-state index contributed by atoms with van der Waals surface area (Å²) in [5.41, 5.74) is 2.34. The number of pyridine rings is 1. The Morgan fingerprint density at radius 3 is 2.75 bits per heavy atom. The van der Waals surface area contributed by atoms with E-state index in [1.54, 1.807) is 12.4 Å². The Hall–Kier alpha value is -2.53. The van der Waals surface area contributed by atoms with Gasteiger partial charge in [0.15, 0.2) is 0 Å². The van der Waals surface area contributed by atoms with E-state index in [2.05, 4.69) is 49.4 Å². The molecule has 0 unspecified atom stereocenters. The van der Waals surface area contributed by atoms with E-state index < -0.39 is 0 Å². The van der Waals surface area contributed by atoms with Crippen LogP contribution in [0, 0.1) is 0 Å². The smallest absolute Gasteiger partial charge is 0.225 e. The molecular formula is C19H21N5. The highest BCUT2D eigenvalue weighted by molar-refractivity contribution is 5.81. The zero-order valence-corrected chi connectivity index (χ0v) is 13.6. The number of rotatable bonds is 4. The number of para-hydroxylation sites is 1. The van der Waals surface area contributed by atoms with Crippen LogP contribution in [-0.2, 0) is 6.54 Å². The monoisotopic (exact) mass is 319 g/mol. The van der Waals surface area contributed by atoms with E-state index in [1.165, 1.54) is 17.4 Å². The Bertz CT molecular complexity index is 800. The Kier molecular flexibility index (Phi) is 4.34. The highest BCUT2D eigenvalue weighted by Gasteiger charge is 2.21. The third kappa shape index (κ3) is 3.21. The molecule has 0 bridgehead atoms. The van der Waals surface area contributed by atoms with Crippen molar-refractivity contribution in [1.29, 1.82) is 0 Å². The van der Waals surface area contributed by atoms with Crippen molar-refractivity contribution in [3.8, 4) is 0 Å². The highest BCUT2D eigenvalue weighted by Crippen LogP contribution is 2.18. The van der Waals surface area contributed by atoms with Crippen molar-refractivity contribution >= 4 is 16.9 Å². The van der Waals surface area contributed by atoms with E-state index in [-0.39, 0.29) is 0 Å². The molecule has 5 nitrogen and oxygen atoms in total. The highest BCUT2D eigenvalue weighted by atomic mass is 15.3. The number of nitrogens with one attached hydrogen (secondary N) is 1. The van der Waals surface area contributed by atoms with Gasteiger partial charge in [0.1, 0.15) is 0 Å². The van der Waals surface area contributed by atoms with Gasteiger partial charge in [-0.05, 0) is 30.5 Å². The summed E-state index contributed by atoms with van der Waals surface area (Å²) in [6, 6.07) is 12.8. The van der Waals surface area contributed by atoms with Gasteiger partial charge in [-0.15, -0.1) is 0 Å². The first-order valence-corrected chi connectivity index (χ1v) is 8.48. The van der Waals surface area contributed by atoms with Crippen LogP contribution in [-0.4, -0.2) is 34.1 Å². The fraction of sp³-hybridized carbons (Fsp3) is 0.316. The summed E-state index contributed by atoms with van der Waals surface area (Å²) in [7, 11) is 0. The zero-order valence-electron chi connectivity index (χ0n) is 13.6. The number of hydrogen-bond acceptors (Lipinski definition) is 5. The molecule has 1 aliphatic heterocycles. The van der Waals surface area contributed by atoms with Crippen LogP contribution in [0.25, 0.3) is 10.9 Å². The van der Waals surface area contributed by atoms with E-state index in [4.69, 9.17) is 0 Å². The van der Waals surface area contributed by atoms with E-state index in [1.807, 2.05) is 18.3 Å². The van der Waals surface area contributed by atoms with Gasteiger partial charge in [0.2, 0.25) is 5.95 Å². The van der Waals surface area contributed by atoms with Gasteiger partial charge in [-0.2, -0.15) is 0 Å². The van der Waals surface area contributed by atoms with Gasteiger partial charge in [-0.1, -0.05) is 24.3 Å². The summed E-state index contributed by atoms with van der Waals surface area (Å²) in [6.45, 7) is 2.81. The summed E-state index contributed by atoms with van der Waals surface area (Å²) in [4.78, 5) is 15.5. The second-order valence-electron chi connectivity index (χ2n) is 6.21. The second kappa shape index (κ2) is 6.93. The van der Waals surface area contributed by atoms with Crippen LogP contribution in [0.3, 0.4) is 0 Å². The number of hydrogen-bond donors (Lipinski definition) is 1. The lowest BCUT2D eigenvalue weighted by atomic mass is 10.0. The van der Waals surface area contributed by atoms with Gasteiger partial charge >= 0.3 is 0 Å². The molecule has 3 aromatic rings. The number of nitrogens with zero attached hydrogens (tertiary/aromatic N) is 4. The van der Waals surface area contributed by atoms with Crippen molar-refractivity contribution in [2.24, 2.45) is 0 Å². The molecule has 24 heavy (non-hydrogen) atoms. The van der Waals surface area contributed by atoms with Crippen LogP contribution in [0.4, 0.5) is 5.95 Å². The van der Waals surface area contributed by atoms with Gasteiger partial charge in [-0.25, -0.2) is 9.97 Å². The van der Waals surface area contributed by atoms with Crippen molar-refractivity contribution in [1.82, 2.24) is 20.3 Å². The van der Waals surface area contributed by atoms with E-state index in [0.29, 0.717) is 6.04 Å². The van der Waals surface area contributed by atoms with E-state index in [9.17, 15) is 0 Å². The van der Waals surface area contributed by atoms with Crippen LogP contribution in [0.15, 0.2) is 55.0 Å². The zero-order chi connectivity index (χ0) is 16.2. The van der Waals surface area contributed by atoms with Gasteiger partial charge < -0.3 is 10.2 Å². The maximum Gasteiger partial charge on any atom is 0.225 e. The lowest BCUT2D eigenvalue weighted by molar-refractivity contribution is 0.418. The first-order chi connectivity index (χ1) is 11.9. The van der Waals surface area contributed by atoms with Crippen LogP contribution in [0.5, 0.6) is 0 Å². The predicted octanol–water partition coefficient (Wildman–Crippen LogP) is 2.78. The van der Waals surface area contributed by atoms with Crippen molar-refractivity contribution in [2.45, 2.75) is 25.4 Å². The number of piperidine rings is 1. The number of benzene rings is 1. The van der Waals surface area contributed by atoms with Crippen LogP contribution in [0.1, 0.15) is 18.4 Å². The molecule has 5 heteroatoms. The standard InChI is InChI=1S/C19H21N5/c1-5-15-7-2-9-20-18(15)16(6-1)13-23-17-8-3-12-24(14-17)19-21-10-4-11-22-19/h1-2,4-7,9-11,17,23H,3,8,12-14H2/t17-/m1/s1. The molecule has 1 N–H and O–H groups in total. The summed E-state index contributed by atoms with van der Waals surface area (Å²) in [5, 5.41) is 4.89. The van der Waals surface area contributed by atoms with E-state index >= 15 is 0 Å². The SMILES string of the molecule is c1cnc(N2CCC[C@@H](NCc3cccc4cccnc34)C2)nc1. The average molecular weight is 319 g/mol. The maximum absolute atomic E-state index is 4.54. The van der Waals surface area contributed by atoms with Gasteiger partial charge in [0.25, 0.3) is 0 Å². The molecule has 1 atom stereocenters. The number of anilines is 1. The summed E-state index contributed by atoms with van der Waals surface area (Å²) < 4.78 is 0. The van der Waals surface area contributed by atoms with Crippen LogP contribution in [0.2, 0.25) is 0 Å². The molecule has 0 saturated carbocycles. The first kappa shape index (κ1) is 15.0. The molecule has 0 amide bonds. The lowest BCUT2D eigenvalue weighted by Gasteiger charge is -2.33. The lowest BCUT2D eigenvalue weighted by Crippen LogP contribution is -2.46. The molecule has 122 valence electrons. The van der Waals surface area contributed by atoms with Crippen molar-refractivity contribution < 1.29 is 0 Å². The third-order valence-electron chi connectivity index (χ3n) is 4.55. The number of fused-ring (bicyclic) bond motifs is 1. The molecule has 0 radical (unpaired) electrons. The molecule has 1 saturated heterocycles. The predicted molar refractivity (Wildman–Crippen MR) is 95.8 cm³/mol. The fourth-order valence-corrected chi connectivity index (χ4v) is 3.34. The topological polar surface area (TPSA) is 53.9 Å². The third-order valence-corrected chi connectivity index (χ3v) is 4.55. The molecular weight excluding hydrogens is 298 g/mol. The number of aromatic nitrogens is 3. The summed E-state index contributed by atoms with van der Waals surface area (Å²) in [5.74, 6) is 0.829. The maximum atomic E-state index is 4.54. The Morgan fingerprint density at radius 2 is 1.83 bits per heavy atom. The van der Waals surface area contributed by atoms with Gasteiger partial charge in [0.05, 0.1) is 5.52 Å². The minimum absolute atomic E-state index is 0.446. The second-order valence-corrected chi connectivity index (χ2v) is 6.21. The Morgan fingerprint density at radius 1 is 1.00 bits per heavy atom. The van der Waals surface area contributed by atoms with Gasteiger partial charge in [0, 0.05) is 49.7 Å². The molecule has 1 aromatic carbocycles. The molecule has 3 heterocycles. The molecule has 4 rings (SSSR count). The molecule has 0 spiro atoms. The Labute approximate surface area is 141 Å². The van der Waals surface area contributed by atoms with Gasteiger partial charge in [-0.3, -0.25) is 4.98 Å². The molecule has 1 fully saturated rings. The molecule has 1 aliphatic rings. The minimum Gasteiger partial charge on any atom is -0.339 e. The molecule has 2 aromatic heterocycles. The van der Waals surface area contributed by atoms with Crippen molar-refractivity contribution in [2.75, 3.05) is 18.0 Å². The molecule has 0 aliphatic carbocycles.